The molecule has 1 aromatic carbocycles. The van der Waals surface area contributed by atoms with Gasteiger partial charge in [-0.3, -0.25) is 9.59 Å². The van der Waals surface area contributed by atoms with E-state index in [0.29, 0.717) is 25.3 Å². The minimum absolute atomic E-state index is 0.0143. The lowest BCUT2D eigenvalue weighted by Gasteiger charge is -2.31. The number of carbonyl (C=O) groups is 2. The lowest BCUT2D eigenvalue weighted by atomic mass is 9.97. The summed E-state index contributed by atoms with van der Waals surface area (Å²) >= 11 is 0. The van der Waals surface area contributed by atoms with Crippen molar-refractivity contribution in [3.63, 3.8) is 0 Å². The van der Waals surface area contributed by atoms with Crippen LogP contribution in [-0.4, -0.2) is 41.3 Å². The predicted octanol–water partition coefficient (Wildman–Crippen LogP) is 3.56. The van der Waals surface area contributed by atoms with Gasteiger partial charge in [-0.25, -0.2) is 4.98 Å². The normalized spacial score (nSPS) is 18.6. The van der Waals surface area contributed by atoms with Gasteiger partial charge in [0.25, 0.3) is 0 Å². The third kappa shape index (κ3) is 5.25. The molecule has 2 aromatic rings. The summed E-state index contributed by atoms with van der Waals surface area (Å²) in [6.45, 7) is 4.19. The van der Waals surface area contributed by atoms with Gasteiger partial charge in [-0.05, 0) is 81.0 Å². The van der Waals surface area contributed by atoms with E-state index in [1.165, 1.54) is 17.5 Å². The van der Waals surface area contributed by atoms with Gasteiger partial charge in [-0.15, -0.1) is 0 Å². The van der Waals surface area contributed by atoms with E-state index in [-0.39, 0.29) is 17.7 Å². The standard InChI is InChI=1S/C24H30N4O2/c1-17-5-2-9-22(25-17)27-24(30)20-8-4-13-28(16-20)14-12-23(29)26-21-11-10-18-6-3-7-19(18)15-21/h2,5,9-11,15,20H,3-4,6-8,12-14,16H2,1H3,(H,26,29)(H,25,27,30)/t20-/m0/s1. The minimum atomic E-state index is -0.0687. The molecule has 6 heteroatoms. The Balaban J connectivity index is 1.24. The molecule has 2 heterocycles. The Morgan fingerprint density at radius 2 is 1.97 bits per heavy atom. The fourth-order valence-electron chi connectivity index (χ4n) is 4.45. The fraction of sp³-hybridized carbons (Fsp3) is 0.458. The van der Waals surface area contributed by atoms with Gasteiger partial charge in [0.05, 0.1) is 5.92 Å². The average Bonchev–Trinajstić information content (AvgIpc) is 3.20. The molecule has 1 aliphatic heterocycles. The third-order valence-electron chi connectivity index (χ3n) is 6.05. The molecule has 1 fully saturated rings. The van der Waals surface area contributed by atoms with E-state index in [9.17, 15) is 9.59 Å². The number of aryl methyl sites for hydroxylation is 3. The maximum atomic E-state index is 12.6. The number of nitrogens with one attached hydrogen (secondary N) is 2. The van der Waals surface area contributed by atoms with E-state index in [1.807, 2.05) is 31.2 Å². The SMILES string of the molecule is Cc1cccc(NC(=O)[C@H]2CCCN(CCC(=O)Nc3ccc4c(c3)CCC4)C2)n1. The summed E-state index contributed by atoms with van der Waals surface area (Å²) in [7, 11) is 0. The van der Waals surface area contributed by atoms with Gasteiger partial charge in [0, 0.05) is 30.9 Å². The molecule has 1 saturated heterocycles. The van der Waals surface area contributed by atoms with Crippen molar-refractivity contribution in [2.75, 3.05) is 30.3 Å². The summed E-state index contributed by atoms with van der Waals surface area (Å²) in [5.41, 5.74) is 4.54. The molecular weight excluding hydrogens is 376 g/mol. The van der Waals surface area contributed by atoms with Crippen molar-refractivity contribution < 1.29 is 9.59 Å². The summed E-state index contributed by atoms with van der Waals surface area (Å²) in [5.74, 6) is 0.579. The van der Waals surface area contributed by atoms with Gasteiger partial charge < -0.3 is 15.5 Å². The number of carbonyl (C=O) groups excluding carboxylic acids is 2. The molecule has 6 nitrogen and oxygen atoms in total. The van der Waals surface area contributed by atoms with E-state index in [0.717, 1.165) is 43.6 Å². The smallest absolute Gasteiger partial charge is 0.229 e. The zero-order valence-electron chi connectivity index (χ0n) is 17.6. The van der Waals surface area contributed by atoms with E-state index >= 15 is 0 Å². The average molecular weight is 407 g/mol. The van der Waals surface area contributed by atoms with Crippen molar-refractivity contribution in [1.82, 2.24) is 9.88 Å². The van der Waals surface area contributed by atoms with Crippen LogP contribution in [0.2, 0.25) is 0 Å². The third-order valence-corrected chi connectivity index (χ3v) is 6.05. The molecule has 2 amide bonds. The van der Waals surface area contributed by atoms with E-state index in [1.54, 1.807) is 0 Å². The fourth-order valence-corrected chi connectivity index (χ4v) is 4.45. The highest BCUT2D eigenvalue weighted by atomic mass is 16.2. The van der Waals surface area contributed by atoms with Crippen LogP contribution in [0, 0.1) is 12.8 Å². The van der Waals surface area contributed by atoms with Crippen LogP contribution in [0.5, 0.6) is 0 Å². The van der Waals surface area contributed by atoms with Gasteiger partial charge in [-0.2, -0.15) is 0 Å². The number of hydrogen-bond donors (Lipinski definition) is 2. The van der Waals surface area contributed by atoms with Crippen LogP contribution in [0.15, 0.2) is 36.4 Å². The number of fused-ring (bicyclic) bond motifs is 1. The topological polar surface area (TPSA) is 74.3 Å². The van der Waals surface area contributed by atoms with Crippen molar-refractivity contribution in [2.45, 2.75) is 45.4 Å². The second-order valence-electron chi connectivity index (χ2n) is 8.43. The zero-order chi connectivity index (χ0) is 20.9. The Labute approximate surface area is 178 Å². The number of rotatable bonds is 6. The Morgan fingerprint density at radius 1 is 1.10 bits per heavy atom. The highest BCUT2D eigenvalue weighted by Gasteiger charge is 2.26. The Bertz CT molecular complexity index is 927. The van der Waals surface area contributed by atoms with Crippen molar-refractivity contribution in [1.29, 1.82) is 0 Å². The van der Waals surface area contributed by atoms with Gasteiger partial charge in [-0.1, -0.05) is 12.1 Å². The molecule has 0 spiro atoms. The number of anilines is 2. The maximum Gasteiger partial charge on any atom is 0.229 e. The summed E-state index contributed by atoms with van der Waals surface area (Å²) < 4.78 is 0. The number of amides is 2. The molecular formula is C24H30N4O2. The Kier molecular flexibility index (Phi) is 6.43. The first-order valence-electron chi connectivity index (χ1n) is 11.0. The van der Waals surface area contributed by atoms with E-state index < -0.39 is 0 Å². The minimum Gasteiger partial charge on any atom is -0.326 e. The summed E-state index contributed by atoms with van der Waals surface area (Å²) in [6, 6.07) is 11.9. The van der Waals surface area contributed by atoms with Crippen LogP contribution in [0.3, 0.4) is 0 Å². The highest BCUT2D eigenvalue weighted by Crippen LogP contribution is 2.25. The van der Waals surface area contributed by atoms with Crippen LogP contribution in [0.1, 0.15) is 42.5 Å². The molecule has 1 aromatic heterocycles. The Hall–Kier alpha value is -2.73. The van der Waals surface area contributed by atoms with Crippen molar-refractivity contribution in [2.24, 2.45) is 5.92 Å². The molecule has 0 saturated carbocycles. The number of pyridine rings is 1. The van der Waals surface area contributed by atoms with E-state index in [4.69, 9.17) is 0 Å². The first-order valence-corrected chi connectivity index (χ1v) is 11.0. The summed E-state index contributed by atoms with van der Waals surface area (Å²) in [4.78, 5) is 31.6. The number of piperidine rings is 1. The monoisotopic (exact) mass is 406 g/mol. The largest absolute Gasteiger partial charge is 0.326 e. The first kappa shape index (κ1) is 20.5. The van der Waals surface area contributed by atoms with Crippen molar-refractivity contribution >= 4 is 23.3 Å². The predicted molar refractivity (Wildman–Crippen MR) is 118 cm³/mol. The molecule has 1 aliphatic carbocycles. The number of aromatic nitrogens is 1. The molecule has 2 N–H and O–H groups in total. The number of nitrogens with zero attached hydrogens (tertiary/aromatic N) is 2. The van der Waals surface area contributed by atoms with Crippen molar-refractivity contribution in [3.8, 4) is 0 Å². The van der Waals surface area contributed by atoms with Crippen LogP contribution < -0.4 is 10.6 Å². The zero-order valence-corrected chi connectivity index (χ0v) is 17.6. The van der Waals surface area contributed by atoms with Crippen LogP contribution >= 0.6 is 0 Å². The molecule has 0 bridgehead atoms. The van der Waals surface area contributed by atoms with E-state index in [2.05, 4.69) is 32.7 Å². The van der Waals surface area contributed by atoms with Gasteiger partial charge in [0.2, 0.25) is 11.8 Å². The molecule has 158 valence electrons. The number of likely N-dealkylation sites (tertiary alicyclic amines) is 1. The van der Waals surface area contributed by atoms with Gasteiger partial charge in [0.1, 0.15) is 5.82 Å². The van der Waals surface area contributed by atoms with Crippen molar-refractivity contribution in [3.05, 3.63) is 53.2 Å². The molecule has 4 rings (SSSR count). The summed E-state index contributed by atoms with van der Waals surface area (Å²) in [6.07, 6.45) is 5.73. The second kappa shape index (κ2) is 9.39. The van der Waals surface area contributed by atoms with Gasteiger partial charge in [0.15, 0.2) is 0 Å². The van der Waals surface area contributed by atoms with Crippen LogP contribution in [0.4, 0.5) is 11.5 Å². The Morgan fingerprint density at radius 3 is 2.83 bits per heavy atom. The number of hydrogen-bond acceptors (Lipinski definition) is 4. The van der Waals surface area contributed by atoms with Crippen LogP contribution in [-0.2, 0) is 22.4 Å². The quantitative estimate of drug-likeness (QED) is 0.769. The van der Waals surface area contributed by atoms with Crippen LogP contribution in [0.25, 0.3) is 0 Å². The molecule has 0 radical (unpaired) electrons. The molecule has 1 atom stereocenters. The lowest BCUT2D eigenvalue weighted by Crippen LogP contribution is -2.41. The molecule has 30 heavy (non-hydrogen) atoms. The molecule has 0 unspecified atom stereocenters. The van der Waals surface area contributed by atoms with Gasteiger partial charge >= 0.3 is 0 Å². The first-order chi connectivity index (χ1) is 14.6. The maximum absolute atomic E-state index is 12.6. The second-order valence-corrected chi connectivity index (χ2v) is 8.43. The molecule has 2 aliphatic rings. The lowest BCUT2D eigenvalue weighted by molar-refractivity contribution is -0.121. The number of benzene rings is 1. The highest BCUT2D eigenvalue weighted by molar-refractivity contribution is 5.92. The summed E-state index contributed by atoms with van der Waals surface area (Å²) in [5, 5.41) is 5.96.